The fraction of sp³-hybridized carbons (Fsp3) is 0.579. The Morgan fingerprint density at radius 2 is 1.62 bits per heavy atom. The summed E-state index contributed by atoms with van der Waals surface area (Å²) >= 11 is 0. The Labute approximate surface area is 144 Å². The van der Waals surface area contributed by atoms with E-state index in [1.165, 1.54) is 0 Å². The molecule has 134 valence electrons. The third kappa shape index (κ3) is 6.60. The number of hydrogen-bond acceptors (Lipinski definition) is 5. The number of rotatable bonds is 10. The van der Waals surface area contributed by atoms with Crippen molar-refractivity contribution in [1.82, 2.24) is 0 Å². The van der Waals surface area contributed by atoms with Crippen LogP contribution in [0.5, 0.6) is 5.75 Å². The average molecular weight is 336 g/mol. The van der Waals surface area contributed by atoms with E-state index in [0.29, 0.717) is 24.5 Å². The minimum absolute atomic E-state index is 0.0366. The van der Waals surface area contributed by atoms with Crippen LogP contribution in [-0.2, 0) is 19.1 Å². The minimum Gasteiger partial charge on any atom is -0.491 e. The lowest BCUT2D eigenvalue weighted by Gasteiger charge is -2.20. The summed E-state index contributed by atoms with van der Waals surface area (Å²) in [6, 6.07) is 7.25. The van der Waals surface area contributed by atoms with Gasteiger partial charge in [0, 0.05) is 5.56 Å². The normalized spacial score (nSPS) is 11.9. The predicted molar refractivity (Wildman–Crippen MR) is 92.1 cm³/mol. The first-order chi connectivity index (χ1) is 11.5. The largest absolute Gasteiger partial charge is 0.491 e. The molecule has 0 radical (unpaired) electrons. The van der Waals surface area contributed by atoms with Crippen molar-refractivity contribution in [2.75, 3.05) is 13.2 Å². The summed E-state index contributed by atoms with van der Waals surface area (Å²) in [5.74, 6) is -0.968. The molecule has 0 fully saturated rings. The van der Waals surface area contributed by atoms with Crippen molar-refractivity contribution in [3.63, 3.8) is 0 Å². The number of benzene rings is 1. The van der Waals surface area contributed by atoms with Crippen LogP contribution in [-0.4, -0.2) is 31.3 Å². The van der Waals surface area contributed by atoms with Crippen molar-refractivity contribution in [3.8, 4) is 5.75 Å². The molecule has 1 rings (SSSR count). The standard InChI is InChI=1S/C19H28O5/c1-5-11-22-18(20)13-16(19(21)23-12-6-2)15-9-7-8-10-17(15)24-14(3)4/h7-10,14,16H,5-6,11-13H2,1-4H3. The predicted octanol–water partition coefficient (Wildman–Crippen LogP) is 3.85. The molecule has 1 aromatic carbocycles. The average Bonchev–Trinajstić information content (AvgIpc) is 2.56. The van der Waals surface area contributed by atoms with Crippen LogP contribution in [0.2, 0.25) is 0 Å². The third-order valence-corrected chi connectivity index (χ3v) is 3.23. The molecule has 0 spiro atoms. The van der Waals surface area contributed by atoms with E-state index < -0.39 is 17.9 Å². The van der Waals surface area contributed by atoms with Crippen LogP contribution in [0, 0.1) is 0 Å². The summed E-state index contributed by atoms with van der Waals surface area (Å²) in [4.78, 5) is 24.5. The molecule has 0 saturated heterocycles. The van der Waals surface area contributed by atoms with Gasteiger partial charge in [0.25, 0.3) is 0 Å². The number of carbonyl (C=O) groups is 2. The van der Waals surface area contributed by atoms with Gasteiger partial charge >= 0.3 is 11.9 Å². The minimum atomic E-state index is -0.726. The van der Waals surface area contributed by atoms with E-state index in [4.69, 9.17) is 14.2 Å². The van der Waals surface area contributed by atoms with Gasteiger partial charge in [-0.2, -0.15) is 0 Å². The van der Waals surface area contributed by atoms with Crippen molar-refractivity contribution in [1.29, 1.82) is 0 Å². The van der Waals surface area contributed by atoms with E-state index in [1.54, 1.807) is 12.1 Å². The van der Waals surface area contributed by atoms with E-state index in [-0.39, 0.29) is 12.5 Å². The molecule has 0 bridgehead atoms. The molecular formula is C19H28O5. The number of esters is 2. The van der Waals surface area contributed by atoms with Crippen LogP contribution in [0.1, 0.15) is 58.4 Å². The molecule has 24 heavy (non-hydrogen) atoms. The Kier molecular flexibility index (Phi) is 8.90. The topological polar surface area (TPSA) is 61.8 Å². The highest BCUT2D eigenvalue weighted by Gasteiger charge is 2.29. The molecule has 0 aliphatic heterocycles. The highest BCUT2D eigenvalue weighted by atomic mass is 16.5. The summed E-state index contributed by atoms with van der Waals surface area (Å²) in [5.41, 5.74) is 0.653. The maximum Gasteiger partial charge on any atom is 0.314 e. The van der Waals surface area contributed by atoms with Gasteiger partial charge in [0.2, 0.25) is 0 Å². The van der Waals surface area contributed by atoms with Crippen molar-refractivity contribution in [3.05, 3.63) is 29.8 Å². The molecule has 0 aliphatic rings. The highest BCUT2D eigenvalue weighted by Crippen LogP contribution is 2.31. The zero-order valence-corrected chi connectivity index (χ0v) is 15.0. The first-order valence-electron chi connectivity index (χ1n) is 8.57. The Hall–Kier alpha value is -2.04. The number of carbonyl (C=O) groups excluding carboxylic acids is 2. The van der Waals surface area contributed by atoms with Gasteiger partial charge < -0.3 is 14.2 Å². The van der Waals surface area contributed by atoms with Gasteiger partial charge in [-0.1, -0.05) is 32.0 Å². The summed E-state index contributed by atoms with van der Waals surface area (Å²) in [5, 5.41) is 0. The van der Waals surface area contributed by atoms with Gasteiger partial charge in [0.05, 0.1) is 31.7 Å². The highest BCUT2D eigenvalue weighted by molar-refractivity contribution is 5.85. The fourth-order valence-electron chi connectivity index (χ4n) is 2.19. The summed E-state index contributed by atoms with van der Waals surface area (Å²) in [6.45, 7) is 8.35. The lowest BCUT2D eigenvalue weighted by Crippen LogP contribution is -2.22. The van der Waals surface area contributed by atoms with E-state index in [9.17, 15) is 9.59 Å². The van der Waals surface area contributed by atoms with Crippen LogP contribution >= 0.6 is 0 Å². The van der Waals surface area contributed by atoms with Gasteiger partial charge in [0.15, 0.2) is 0 Å². The van der Waals surface area contributed by atoms with Gasteiger partial charge in [-0.15, -0.1) is 0 Å². The van der Waals surface area contributed by atoms with E-state index in [0.717, 1.165) is 12.8 Å². The molecule has 0 heterocycles. The van der Waals surface area contributed by atoms with Gasteiger partial charge in [-0.05, 0) is 32.8 Å². The second-order valence-electron chi connectivity index (χ2n) is 5.85. The van der Waals surface area contributed by atoms with Crippen molar-refractivity contribution >= 4 is 11.9 Å². The first-order valence-corrected chi connectivity index (χ1v) is 8.57. The molecule has 5 heteroatoms. The monoisotopic (exact) mass is 336 g/mol. The maximum atomic E-state index is 12.5. The van der Waals surface area contributed by atoms with Gasteiger partial charge in [-0.25, -0.2) is 0 Å². The SMILES string of the molecule is CCCOC(=O)CC(C(=O)OCCC)c1ccccc1OC(C)C. The maximum absolute atomic E-state index is 12.5. The molecule has 0 aliphatic carbocycles. The summed E-state index contributed by atoms with van der Waals surface area (Å²) in [7, 11) is 0. The van der Waals surface area contributed by atoms with Crippen molar-refractivity contribution in [2.24, 2.45) is 0 Å². The van der Waals surface area contributed by atoms with E-state index in [2.05, 4.69) is 0 Å². The lowest BCUT2D eigenvalue weighted by molar-refractivity contribution is -0.152. The number of ether oxygens (including phenoxy) is 3. The van der Waals surface area contributed by atoms with Crippen LogP contribution in [0.25, 0.3) is 0 Å². The van der Waals surface area contributed by atoms with E-state index in [1.807, 2.05) is 39.8 Å². The summed E-state index contributed by atoms with van der Waals surface area (Å²) in [6.07, 6.45) is 1.37. The van der Waals surface area contributed by atoms with Gasteiger partial charge in [-0.3, -0.25) is 9.59 Å². The third-order valence-electron chi connectivity index (χ3n) is 3.23. The molecule has 0 N–H and O–H groups in total. The van der Waals surface area contributed by atoms with Crippen LogP contribution in [0.4, 0.5) is 0 Å². The van der Waals surface area contributed by atoms with E-state index >= 15 is 0 Å². The Morgan fingerprint density at radius 3 is 2.25 bits per heavy atom. The van der Waals surface area contributed by atoms with Crippen molar-refractivity contribution in [2.45, 2.75) is 59.0 Å². The molecule has 1 unspecified atom stereocenters. The van der Waals surface area contributed by atoms with Crippen LogP contribution < -0.4 is 4.74 Å². The fourth-order valence-corrected chi connectivity index (χ4v) is 2.19. The summed E-state index contributed by atoms with van der Waals surface area (Å²) < 4.78 is 16.2. The second-order valence-corrected chi connectivity index (χ2v) is 5.85. The molecule has 0 aromatic heterocycles. The zero-order chi connectivity index (χ0) is 17.9. The first kappa shape index (κ1) is 20.0. The molecule has 1 atom stereocenters. The van der Waals surface area contributed by atoms with Gasteiger partial charge in [0.1, 0.15) is 5.75 Å². The second kappa shape index (κ2) is 10.7. The Morgan fingerprint density at radius 1 is 1.00 bits per heavy atom. The molecule has 0 amide bonds. The number of hydrogen-bond donors (Lipinski definition) is 0. The molecule has 1 aromatic rings. The molecule has 0 saturated carbocycles. The van der Waals surface area contributed by atoms with Crippen molar-refractivity contribution < 1.29 is 23.8 Å². The zero-order valence-electron chi connectivity index (χ0n) is 15.0. The van der Waals surface area contributed by atoms with Crippen LogP contribution in [0.15, 0.2) is 24.3 Å². The molecule has 5 nitrogen and oxygen atoms in total. The lowest BCUT2D eigenvalue weighted by atomic mass is 9.94. The van der Waals surface area contributed by atoms with Crippen LogP contribution in [0.3, 0.4) is 0 Å². The quantitative estimate of drug-likeness (QED) is 0.607. The smallest absolute Gasteiger partial charge is 0.314 e. The Balaban J connectivity index is 3.03. The Bertz CT molecular complexity index is 524. The molecular weight excluding hydrogens is 308 g/mol. The number of para-hydroxylation sites is 1.